The third-order valence-corrected chi connectivity index (χ3v) is 1.01. The average Bonchev–Trinajstić information content (AvgIpc) is 2.31. The molecule has 1 aromatic heterocycles. The van der Waals surface area contributed by atoms with E-state index < -0.39 is 0 Å². The summed E-state index contributed by atoms with van der Waals surface area (Å²) in [6, 6.07) is 5.07. The fourth-order valence-electron chi connectivity index (χ4n) is 0.508. The molecular weight excluding hydrogens is 174 g/mol. The maximum atomic E-state index is 10.6. The zero-order valence-electron chi connectivity index (χ0n) is 10.7. The molecule has 0 amide bonds. The van der Waals surface area contributed by atoms with Crippen molar-refractivity contribution in [3.05, 3.63) is 34.7 Å². The van der Waals surface area contributed by atoms with Gasteiger partial charge in [-0.2, -0.15) is 0 Å². The summed E-state index contributed by atoms with van der Waals surface area (Å²) in [5.74, 6) is 0. The molecule has 1 aromatic rings. The van der Waals surface area contributed by atoms with Gasteiger partial charge in [0.05, 0.1) is 0 Å². The minimum atomic E-state index is 0.0347. The van der Waals surface area contributed by atoms with Crippen LogP contribution in [-0.4, -0.2) is 4.57 Å². The first-order valence-electron chi connectivity index (χ1n) is 5.42. The fourth-order valence-corrected chi connectivity index (χ4v) is 0.508. The summed E-state index contributed by atoms with van der Waals surface area (Å²) in [7, 11) is 1.72. The Labute approximate surface area is 88.6 Å². The first kappa shape index (κ1) is 18.7. The normalized spacial score (nSPS) is 6.50. The summed E-state index contributed by atoms with van der Waals surface area (Å²) in [4.78, 5) is 10.6. The highest BCUT2D eigenvalue weighted by atomic mass is 16.1. The summed E-state index contributed by atoms with van der Waals surface area (Å²) in [5.41, 5.74) is 0.0347. The van der Waals surface area contributed by atoms with Gasteiger partial charge >= 0.3 is 0 Å². The van der Waals surface area contributed by atoms with Crippen LogP contribution in [0.5, 0.6) is 0 Å². The maximum absolute atomic E-state index is 10.6. The Hall–Kier alpha value is -1.05. The van der Waals surface area contributed by atoms with E-state index in [9.17, 15) is 4.79 Å². The average molecular weight is 199 g/mol. The number of aryl methyl sites for hydroxylation is 1. The van der Waals surface area contributed by atoms with Crippen molar-refractivity contribution in [1.29, 1.82) is 0 Å². The van der Waals surface area contributed by atoms with Gasteiger partial charge in [-0.25, -0.2) is 0 Å². The lowest BCUT2D eigenvalue weighted by molar-refractivity contribution is 0.860. The van der Waals surface area contributed by atoms with Crippen LogP contribution in [0.25, 0.3) is 0 Å². The third-order valence-electron chi connectivity index (χ3n) is 1.01. The Bertz CT molecular complexity index is 228. The Morgan fingerprint density at radius 3 is 1.57 bits per heavy atom. The molecule has 0 atom stereocenters. The van der Waals surface area contributed by atoms with Gasteiger partial charge in [0.15, 0.2) is 0 Å². The molecular formula is C12H25NO. The van der Waals surface area contributed by atoms with Crippen LogP contribution in [0.15, 0.2) is 29.2 Å². The number of hydrogen-bond acceptors (Lipinski definition) is 1. The molecule has 0 aromatic carbocycles. The van der Waals surface area contributed by atoms with Gasteiger partial charge in [-0.1, -0.05) is 47.6 Å². The minimum absolute atomic E-state index is 0.0347. The lowest BCUT2D eigenvalue weighted by Crippen LogP contribution is -2.12. The van der Waals surface area contributed by atoms with Gasteiger partial charge in [0, 0.05) is 19.3 Å². The second-order valence-corrected chi connectivity index (χ2v) is 1.65. The van der Waals surface area contributed by atoms with E-state index in [4.69, 9.17) is 0 Å². The molecule has 0 saturated carbocycles. The quantitative estimate of drug-likeness (QED) is 0.627. The van der Waals surface area contributed by atoms with Crippen LogP contribution in [0.4, 0.5) is 0 Å². The standard InChI is InChI=1S/C6H7NO.3C2H6/c1-7-5-3-2-4-6(7)8;3*1-2/h2-5H,1H3;3*1-2H3. The highest BCUT2D eigenvalue weighted by Crippen LogP contribution is 1.73. The van der Waals surface area contributed by atoms with E-state index in [0.717, 1.165) is 0 Å². The van der Waals surface area contributed by atoms with E-state index in [1.807, 2.05) is 47.6 Å². The van der Waals surface area contributed by atoms with Crippen LogP contribution in [-0.2, 0) is 7.05 Å². The Morgan fingerprint density at radius 1 is 0.929 bits per heavy atom. The van der Waals surface area contributed by atoms with E-state index in [1.54, 1.807) is 19.3 Å². The van der Waals surface area contributed by atoms with E-state index >= 15 is 0 Å². The number of hydrogen-bond donors (Lipinski definition) is 0. The van der Waals surface area contributed by atoms with Crippen molar-refractivity contribution in [3.63, 3.8) is 0 Å². The smallest absolute Gasteiger partial charge is 0.250 e. The predicted molar refractivity (Wildman–Crippen MR) is 65.7 cm³/mol. The SMILES string of the molecule is CC.CC.CC.Cn1ccccc1=O. The minimum Gasteiger partial charge on any atom is -0.319 e. The predicted octanol–water partition coefficient (Wildman–Crippen LogP) is 3.46. The summed E-state index contributed by atoms with van der Waals surface area (Å²) in [5, 5.41) is 0. The topological polar surface area (TPSA) is 22.0 Å². The van der Waals surface area contributed by atoms with Crippen LogP contribution in [0.2, 0.25) is 0 Å². The molecule has 0 saturated heterocycles. The maximum Gasteiger partial charge on any atom is 0.250 e. The molecule has 0 radical (unpaired) electrons. The largest absolute Gasteiger partial charge is 0.319 e. The molecule has 0 spiro atoms. The molecule has 1 rings (SSSR count). The van der Waals surface area contributed by atoms with Crippen molar-refractivity contribution >= 4 is 0 Å². The van der Waals surface area contributed by atoms with Gasteiger partial charge in [0.1, 0.15) is 0 Å². The highest BCUT2D eigenvalue weighted by Gasteiger charge is 1.79. The second-order valence-electron chi connectivity index (χ2n) is 1.65. The molecule has 2 heteroatoms. The molecule has 0 unspecified atom stereocenters. The van der Waals surface area contributed by atoms with Gasteiger partial charge < -0.3 is 4.57 Å². The fraction of sp³-hybridized carbons (Fsp3) is 0.583. The first-order valence-corrected chi connectivity index (χ1v) is 5.42. The van der Waals surface area contributed by atoms with E-state index in [1.165, 1.54) is 10.6 Å². The number of pyridine rings is 1. The lowest BCUT2D eigenvalue weighted by Gasteiger charge is -1.89. The number of nitrogens with zero attached hydrogens (tertiary/aromatic N) is 1. The first-order chi connectivity index (χ1) is 6.80. The molecule has 84 valence electrons. The second kappa shape index (κ2) is 17.9. The zero-order chi connectivity index (χ0) is 12.0. The Balaban J connectivity index is -0.000000174. The van der Waals surface area contributed by atoms with Crippen LogP contribution >= 0.6 is 0 Å². The van der Waals surface area contributed by atoms with E-state index in [0.29, 0.717) is 0 Å². The van der Waals surface area contributed by atoms with Crippen LogP contribution in [0.1, 0.15) is 41.5 Å². The van der Waals surface area contributed by atoms with E-state index in [2.05, 4.69) is 0 Å². The van der Waals surface area contributed by atoms with Crippen molar-refractivity contribution in [2.45, 2.75) is 41.5 Å². The Kier molecular flexibility index (Phi) is 23.9. The van der Waals surface area contributed by atoms with Gasteiger partial charge in [-0.05, 0) is 6.07 Å². The van der Waals surface area contributed by atoms with Crippen LogP contribution < -0.4 is 5.56 Å². The summed E-state index contributed by atoms with van der Waals surface area (Å²) >= 11 is 0. The van der Waals surface area contributed by atoms with Crippen molar-refractivity contribution in [2.24, 2.45) is 7.05 Å². The van der Waals surface area contributed by atoms with Crippen LogP contribution in [0.3, 0.4) is 0 Å². The van der Waals surface area contributed by atoms with E-state index in [-0.39, 0.29) is 5.56 Å². The molecule has 0 N–H and O–H groups in total. The zero-order valence-corrected chi connectivity index (χ0v) is 10.7. The Morgan fingerprint density at radius 2 is 1.36 bits per heavy atom. The molecule has 1 heterocycles. The summed E-state index contributed by atoms with van der Waals surface area (Å²) in [6.45, 7) is 12.0. The number of rotatable bonds is 0. The molecule has 0 bridgehead atoms. The van der Waals surface area contributed by atoms with Gasteiger partial charge in [-0.15, -0.1) is 0 Å². The van der Waals surface area contributed by atoms with Gasteiger partial charge in [-0.3, -0.25) is 4.79 Å². The molecule has 0 aliphatic heterocycles. The number of aromatic nitrogens is 1. The van der Waals surface area contributed by atoms with Crippen molar-refractivity contribution < 1.29 is 0 Å². The third kappa shape index (κ3) is 11.0. The summed E-state index contributed by atoms with van der Waals surface area (Å²) in [6.07, 6.45) is 1.72. The molecule has 0 aliphatic rings. The monoisotopic (exact) mass is 199 g/mol. The molecule has 0 aliphatic carbocycles. The van der Waals surface area contributed by atoms with Crippen molar-refractivity contribution in [3.8, 4) is 0 Å². The van der Waals surface area contributed by atoms with Gasteiger partial charge in [0.25, 0.3) is 0 Å². The van der Waals surface area contributed by atoms with Crippen molar-refractivity contribution in [2.75, 3.05) is 0 Å². The molecule has 0 fully saturated rings. The van der Waals surface area contributed by atoms with Crippen molar-refractivity contribution in [1.82, 2.24) is 4.57 Å². The molecule has 2 nitrogen and oxygen atoms in total. The van der Waals surface area contributed by atoms with Crippen LogP contribution in [0, 0.1) is 0 Å². The summed E-state index contributed by atoms with van der Waals surface area (Å²) < 4.78 is 1.53. The molecule has 14 heavy (non-hydrogen) atoms. The highest BCUT2D eigenvalue weighted by molar-refractivity contribution is 4.91. The van der Waals surface area contributed by atoms with Gasteiger partial charge in [0.2, 0.25) is 5.56 Å². The lowest BCUT2D eigenvalue weighted by atomic mass is 10.5.